The minimum Gasteiger partial charge on any atom is -0.396 e. The fourth-order valence-corrected chi connectivity index (χ4v) is 1.36. The van der Waals surface area contributed by atoms with E-state index < -0.39 is 15.6 Å². The molecule has 1 N–H and O–H groups in total. The van der Waals surface area contributed by atoms with Crippen molar-refractivity contribution < 1.29 is 17.7 Å². The van der Waals surface area contributed by atoms with E-state index in [1.807, 2.05) is 0 Å². The van der Waals surface area contributed by atoms with Crippen molar-refractivity contribution in [1.82, 2.24) is 0 Å². The summed E-state index contributed by atoms with van der Waals surface area (Å²) in [5.74, 6) is 0. The minimum atomic E-state index is -3.18. The SMILES string of the molecule is O=S1(=O)OC1CCO. The Morgan fingerprint density at radius 1 is 1.62 bits per heavy atom. The fraction of sp³-hybridized carbons (Fsp3) is 1.00. The molecule has 1 unspecified atom stereocenters. The lowest BCUT2D eigenvalue weighted by Gasteiger charge is -1.77. The summed E-state index contributed by atoms with van der Waals surface area (Å²) in [5, 5.41) is 8.16. The van der Waals surface area contributed by atoms with Gasteiger partial charge in [0.1, 0.15) is 0 Å². The summed E-state index contributed by atoms with van der Waals surface area (Å²) in [4.78, 5) is 0. The van der Waals surface area contributed by atoms with Crippen LogP contribution in [-0.2, 0) is 14.3 Å². The molecule has 8 heavy (non-hydrogen) atoms. The van der Waals surface area contributed by atoms with Crippen LogP contribution in [0.15, 0.2) is 0 Å². The zero-order chi connectivity index (χ0) is 6.20. The Balaban J connectivity index is 2.38. The molecular weight excluding hydrogens is 132 g/mol. The summed E-state index contributed by atoms with van der Waals surface area (Å²) in [5.41, 5.74) is -0.715. The van der Waals surface area contributed by atoms with Gasteiger partial charge in [-0.1, -0.05) is 0 Å². The second-order valence-corrected chi connectivity index (χ2v) is 3.23. The molecular formula is C3H6O4S. The van der Waals surface area contributed by atoms with Gasteiger partial charge in [0.15, 0.2) is 0 Å². The molecule has 1 atom stereocenters. The van der Waals surface area contributed by atoms with Gasteiger partial charge in [-0.3, -0.25) is 0 Å². The van der Waals surface area contributed by atoms with Crippen LogP contribution in [0.5, 0.6) is 0 Å². The largest absolute Gasteiger partial charge is 0.396 e. The van der Waals surface area contributed by atoms with Crippen molar-refractivity contribution in [2.24, 2.45) is 0 Å². The van der Waals surface area contributed by atoms with E-state index >= 15 is 0 Å². The van der Waals surface area contributed by atoms with Crippen molar-refractivity contribution in [3.05, 3.63) is 0 Å². The van der Waals surface area contributed by atoms with Crippen molar-refractivity contribution in [2.45, 2.75) is 11.9 Å². The summed E-state index contributed by atoms with van der Waals surface area (Å²) in [6.45, 7) is -0.135. The first kappa shape index (κ1) is 6.00. The molecule has 1 aliphatic rings. The molecule has 48 valence electrons. The molecule has 0 saturated carbocycles. The molecule has 1 aliphatic heterocycles. The first-order valence-corrected chi connectivity index (χ1v) is 3.67. The molecule has 0 aromatic carbocycles. The predicted octanol–water partition coefficient (Wildman–Crippen LogP) is -0.945. The predicted molar refractivity (Wildman–Crippen MR) is 25.5 cm³/mol. The smallest absolute Gasteiger partial charge is 0.297 e. The molecule has 5 heteroatoms. The first-order chi connectivity index (χ1) is 3.67. The number of aliphatic hydroxyl groups is 1. The summed E-state index contributed by atoms with van der Waals surface area (Å²) < 4.78 is 24.4. The monoisotopic (exact) mass is 138 g/mol. The second-order valence-electron chi connectivity index (χ2n) is 1.53. The van der Waals surface area contributed by atoms with Crippen molar-refractivity contribution in [2.75, 3.05) is 6.61 Å². The number of hydrogen-bond donors (Lipinski definition) is 1. The van der Waals surface area contributed by atoms with Gasteiger partial charge in [0, 0.05) is 13.0 Å². The fourth-order valence-electron chi connectivity index (χ4n) is 0.425. The van der Waals surface area contributed by atoms with Gasteiger partial charge >= 0.3 is 0 Å². The average Bonchev–Trinajstić information content (AvgIpc) is 2.15. The molecule has 0 amide bonds. The molecule has 0 spiro atoms. The van der Waals surface area contributed by atoms with Crippen LogP contribution in [0.25, 0.3) is 0 Å². The standard InChI is InChI=1S/C3H6O4S/c4-2-1-3-7-8(3,5)6/h3-4H,1-2H2. The van der Waals surface area contributed by atoms with Crippen molar-refractivity contribution in [3.8, 4) is 0 Å². The number of hydrogen-bond acceptors (Lipinski definition) is 4. The van der Waals surface area contributed by atoms with Crippen LogP contribution >= 0.6 is 0 Å². The third-order valence-corrected chi connectivity index (χ3v) is 2.18. The summed E-state index contributed by atoms with van der Waals surface area (Å²) in [7, 11) is -3.18. The highest BCUT2D eigenvalue weighted by Crippen LogP contribution is 2.26. The summed E-state index contributed by atoms with van der Waals surface area (Å²) in [6.07, 6.45) is 0.197. The first-order valence-electron chi connectivity index (χ1n) is 2.20. The van der Waals surface area contributed by atoms with Crippen LogP contribution < -0.4 is 0 Å². The van der Waals surface area contributed by atoms with Crippen LogP contribution in [0.2, 0.25) is 0 Å². The van der Waals surface area contributed by atoms with Gasteiger partial charge in [0.05, 0.1) is 0 Å². The third-order valence-electron chi connectivity index (χ3n) is 0.890. The Morgan fingerprint density at radius 3 is 2.25 bits per heavy atom. The second kappa shape index (κ2) is 1.68. The topological polar surface area (TPSA) is 66.9 Å². The van der Waals surface area contributed by atoms with Crippen LogP contribution in [-0.4, -0.2) is 25.6 Å². The Kier molecular flexibility index (Phi) is 1.26. The Hall–Kier alpha value is -0.130. The Bertz CT molecular complexity index is 170. The molecule has 0 radical (unpaired) electrons. The highest BCUT2D eigenvalue weighted by Gasteiger charge is 2.44. The third kappa shape index (κ3) is 0.988. The van der Waals surface area contributed by atoms with Gasteiger partial charge in [0.25, 0.3) is 10.1 Å². The molecule has 1 saturated heterocycles. The van der Waals surface area contributed by atoms with E-state index in [0.29, 0.717) is 0 Å². The van der Waals surface area contributed by atoms with Gasteiger partial charge in [0.2, 0.25) is 5.44 Å². The molecule has 0 aromatic rings. The maximum atomic E-state index is 10.1. The molecule has 0 bridgehead atoms. The highest BCUT2D eigenvalue weighted by atomic mass is 32.2. The summed E-state index contributed by atoms with van der Waals surface area (Å²) in [6, 6.07) is 0. The molecule has 1 rings (SSSR count). The van der Waals surface area contributed by atoms with Crippen LogP contribution in [0.1, 0.15) is 6.42 Å². The van der Waals surface area contributed by atoms with Crippen LogP contribution in [0.3, 0.4) is 0 Å². The zero-order valence-corrected chi connectivity index (χ0v) is 4.89. The van der Waals surface area contributed by atoms with Gasteiger partial charge in [-0.25, -0.2) is 4.18 Å². The average molecular weight is 138 g/mol. The quantitative estimate of drug-likeness (QED) is 0.500. The lowest BCUT2D eigenvalue weighted by molar-refractivity contribution is 0.265. The molecule has 0 aliphatic carbocycles. The number of aliphatic hydroxyl groups excluding tert-OH is 1. The van der Waals surface area contributed by atoms with Crippen molar-refractivity contribution in [1.29, 1.82) is 0 Å². The molecule has 1 heterocycles. The van der Waals surface area contributed by atoms with Gasteiger partial charge in [-0.2, -0.15) is 8.42 Å². The minimum absolute atomic E-state index is 0.135. The molecule has 0 aromatic heterocycles. The van der Waals surface area contributed by atoms with E-state index in [4.69, 9.17) is 5.11 Å². The lowest BCUT2D eigenvalue weighted by Crippen LogP contribution is -1.91. The molecule has 1 fully saturated rings. The van der Waals surface area contributed by atoms with E-state index in [-0.39, 0.29) is 13.0 Å². The van der Waals surface area contributed by atoms with Crippen LogP contribution in [0.4, 0.5) is 0 Å². The maximum Gasteiger partial charge on any atom is 0.297 e. The zero-order valence-electron chi connectivity index (χ0n) is 4.07. The lowest BCUT2D eigenvalue weighted by atomic mass is 10.5. The van der Waals surface area contributed by atoms with Crippen molar-refractivity contribution >= 4 is 10.1 Å². The Morgan fingerprint density at radius 2 is 2.12 bits per heavy atom. The van der Waals surface area contributed by atoms with Gasteiger partial charge in [-0.05, 0) is 0 Å². The normalized spacial score (nSPS) is 32.4. The van der Waals surface area contributed by atoms with E-state index in [0.717, 1.165) is 0 Å². The van der Waals surface area contributed by atoms with E-state index in [2.05, 4.69) is 4.18 Å². The van der Waals surface area contributed by atoms with E-state index in [1.54, 1.807) is 0 Å². The van der Waals surface area contributed by atoms with Gasteiger partial charge in [-0.15, -0.1) is 0 Å². The molecule has 4 nitrogen and oxygen atoms in total. The van der Waals surface area contributed by atoms with Crippen molar-refractivity contribution in [3.63, 3.8) is 0 Å². The highest BCUT2D eigenvalue weighted by molar-refractivity contribution is 7.92. The van der Waals surface area contributed by atoms with E-state index in [1.165, 1.54) is 0 Å². The summed E-state index contributed by atoms with van der Waals surface area (Å²) >= 11 is 0. The number of rotatable bonds is 2. The Labute approximate surface area is 47.2 Å². The van der Waals surface area contributed by atoms with Crippen LogP contribution in [0, 0.1) is 0 Å². The van der Waals surface area contributed by atoms with Gasteiger partial charge < -0.3 is 5.11 Å². The maximum absolute atomic E-state index is 10.1. The van der Waals surface area contributed by atoms with E-state index in [9.17, 15) is 8.42 Å².